The molecule has 0 aliphatic carbocycles. The highest BCUT2D eigenvalue weighted by molar-refractivity contribution is 7.22. The van der Waals surface area contributed by atoms with Crippen LogP contribution in [0.2, 0.25) is 10.0 Å². The molecule has 4 nitrogen and oxygen atoms in total. The van der Waals surface area contributed by atoms with E-state index < -0.39 is 5.91 Å². The van der Waals surface area contributed by atoms with Crippen LogP contribution in [-0.2, 0) is 0 Å². The molecule has 7 heteroatoms. The van der Waals surface area contributed by atoms with E-state index >= 15 is 0 Å². The van der Waals surface area contributed by atoms with Crippen LogP contribution in [0.4, 0.5) is 5.13 Å². The predicted molar refractivity (Wildman–Crippen MR) is 95.3 cm³/mol. The summed E-state index contributed by atoms with van der Waals surface area (Å²) in [7, 11) is 1.44. The minimum Gasteiger partial charge on any atom is -0.494 e. The van der Waals surface area contributed by atoms with Gasteiger partial charge in [0.05, 0.1) is 27.4 Å². The highest BCUT2D eigenvalue weighted by Gasteiger charge is 2.20. The summed E-state index contributed by atoms with van der Waals surface area (Å²) in [5.41, 5.74) is 2.12. The molecule has 0 atom stereocenters. The van der Waals surface area contributed by atoms with Crippen LogP contribution in [0, 0.1) is 6.92 Å². The topological polar surface area (TPSA) is 51.2 Å². The summed E-state index contributed by atoms with van der Waals surface area (Å²) in [6, 6.07) is 9.04. The third-order valence-electron chi connectivity index (χ3n) is 3.33. The van der Waals surface area contributed by atoms with Crippen LogP contribution in [-0.4, -0.2) is 18.0 Å². The average Bonchev–Trinajstić information content (AvgIpc) is 2.93. The Morgan fingerprint density at radius 2 is 1.96 bits per heavy atom. The van der Waals surface area contributed by atoms with E-state index in [0.717, 1.165) is 15.8 Å². The molecule has 0 aliphatic heterocycles. The van der Waals surface area contributed by atoms with Crippen molar-refractivity contribution in [2.75, 3.05) is 12.4 Å². The van der Waals surface area contributed by atoms with E-state index in [-0.39, 0.29) is 16.3 Å². The summed E-state index contributed by atoms with van der Waals surface area (Å²) in [5, 5.41) is 3.85. The lowest BCUT2D eigenvalue weighted by atomic mass is 10.2. The number of hydrogen-bond acceptors (Lipinski definition) is 4. The Labute approximate surface area is 147 Å². The van der Waals surface area contributed by atoms with Gasteiger partial charge in [-0.2, -0.15) is 0 Å². The van der Waals surface area contributed by atoms with Crippen molar-refractivity contribution in [2.24, 2.45) is 0 Å². The number of anilines is 1. The minimum absolute atomic E-state index is 0.192. The van der Waals surface area contributed by atoms with Crippen molar-refractivity contribution in [1.29, 1.82) is 0 Å². The number of thiazole rings is 1. The maximum Gasteiger partial charge on any atom is 0.262 e. The van der Waals surface area contributed by atoms with Crippen molar-refractivity contribution in [3.05, 3.63) is 51.5 Å². The number of nitrogens with one attached hydrogen (secondary N) is 1. The fourth-order valence-electron chi connectivity index (χ4n) is 2.24. The first-order valence-electron chi connectivity index (χ1n) is 6.70. The first kappa shape index (κ1) is 16.1. The Morgan fingerprint density at radius 1 is 1.22 bits per heavy atom. The Bertz CT molecular complexity index is 908. The van der Waals surface area contributed by atoms with Crippen LogP contribution in [0.3, 0.4) is 0 Å². The molecule has 1 amide bonds. The van der Waals surface area contributed by atoms with Gasteiger partial charge in [-0.1, -0.05) is 46.7 Å². The van der Waals surface area contributed by atoms with Gasteiger partial charge in [-0.3, -0.25) is 10.1 Å². The molecule has 0 saturated heterocycles. The molecule has 0 radical (unpaired) electrons. The number of rotatable bonds is 3. The van der Waals surface area contributed by atoms with E-state index in [9.17, 15) is 4.79 Å². The van der Waals surface area contributed by atoms with E-state index in [4.69, 9.17) is 27.9 Å². The molecule has 0 fully saturated rings. The van der Waals surface area contributed by atoms with Crippen molar-refractivity contribution in [1.82, 2.24) is 4.98 Å². The van der Waals surface area contributed by atoms with E-state index in [1.54, 1.807) is 12.1 Å². The molecule has 1 aromatic heterocycles. The number of methoxy groups -OCH3 is 1. The number of aryl methyl sites for hydroxylation is 1. The summed E-state index contributed by atoms with van der Waals surface area (Å²) in [5.74, 6) is -0.167. The quantitative estimate of drug-likeness (QED) is 0.695. The van der Waals surface area contributed by atoms with Crippen molar-refractivity contribution in [2.45, 2.75) is 6.92 Å². The number of benzene rings is 2. The lowest BCUT2D eigenvalue weighted by Crippen LogP contribution is -2.14. The molecule has 0 aliphatic rings. The molecule has 0 bridgehead atoms. The van der Waals surface area contributed by atoms with Gasteiger partial charge in [-0.15, -0.1) is 0 Å². The van der Waals surface area contributed by atoms with Gasteiger partial charge in [0, 0.05) is 0 Å². The molecule has 0 saturated carbocycles. The maximum atomic E-state index is 12.6. The normalized spacial score (nSPS) is 10.8. The largest absolute Gasteiger partial charge is 0.494 e. The van der Waals surface area contributed by atoms with E-state index in [2.05, 4.69) is 10.3 Å². The zero-order chi connectivity index (χ0) is 16.6. The number of nitrogens with zero attached hydrogens (tertiary/aromatic N) is 1. The zero-order valence-electron chi connectivity index (χ0n) is 12.3. The van der Waals surface area contributed by atoms with Crippen LogP contribution >= 0.6 is 34.5 Å². The van der Waals surface area contributed by atoms with Crippen molar-refractivity contribution in [3.8, 4) is 5.75 Å². The van der Waals surface area contributed by atoms with E-state index in [1.165, 1.54) is 18.4 Å². The number of amides is 1. The number of para-hydroxylation sites is 1. The van der Waals surface area contributed by atoms with Crippen molar-refractivity contribution >= 4 is 55.8 Å². The van der Waals surface area contributed by atoms with Crippen molar-refractivity contribution in [3.63, 3.8) is 0 Å². The Morgan fingerprint density at radius 3 is 2.65 bits per heavy atom. The number of aromatic nitrogens is 1. The maximum absolute atomic E-state index is 12.6. The first-order valence-corrected chi connectivity index (χ1v) is 8.28. The number of halogens is 2. The Hall–Kier alpha value is -1.82. The van der Waals surface area contributed by atoms with Crippen LogP contribution in [0.25, 0.3) is 10.2 Å². The molecule has 23 heavy (non-hydrogen) atoms. The smallest absolute Gasteiger partial charge is 0.262 e. The summed E-state index contributed by atoms with van der Waals surface area (Å²) in [6.07, 6.45) is 0. The van der Waals surface area contributed by atoms with Gasteiger partial charge in [0.15, 0.2) is 10.9 Å². The summed E-state index contributed by atoms with van der Waals surface area (Å²) in [4.78, 5) is 17.0. The fourth-order valence-corrected chi connectivity index (χ4v) is 3.65. The molecule has 1 heterocycles. The molecule has 3 aromatic rings. The molecule has 0 spiro atoms. The van der Waals surface area contributed by atoms with Crippen LogP contribution < -0.4 is 10.1 Å². The standard InChI is InChI=1S/C16H12Cl2N2O2S/c1-8-4-3-5-11-13(8)19-16(23-11)20-15(21)12-9(17)6-7-10(18)14(12)22-2/h3-7H,1-2H3,(H,19,20,21). The van der Waals surface area contributed by atoms with Gasteiger partial charge >= 0.3 is 0 Å². The number of ether oxygens (including phenoxy) is 1. The van der Waals surface area contributed by atoms with E-state index in [1.807, 2.05) is 25.1 Å². The molecular formula is C16H12Cl2N2O2S. The average molecular weight is 367 g/mol. The highest BCUT2D eigenvalue weighted by atomic mass is 35.5. The lowest BCUT2D eigenvalue weighted by Gasteiger charge is -2.11. The highest BCUT2D eigenvalue weighted by Crippen LogP contribution is 2.35. The van der Waals surface area contributed by atoms with Crippen LogP contribution in [0.1, 0.15) is 15.9 Å². The van der Waals surface area contributed by atoms with Crippen LogP contribution in [0.5, 0.6) is 5.75 Å². The van der Waals surface area contributed by atoms with Gasteiger partial charge in [0.25, 0.3) is 5.91 Å². The predicted octanol–water partition coefficient (Wildman–Crippen LogP) is 5.17. The number of carbonyl (C=O) groups is 1. The van der Waals surface area contributed by atoms with Gasteiger partial charge in [-0.05, 0) is 30.7 Å². The van der Waals surface area contributed by atoms with Gasteiger partial charge in [0.1, 0.15) is 5.56 Å². The van der Waals surface area contributed by atoms with Crippen molar-refractivity contribution < 1.29 is 9.53 Å². The third-order valence-corrected chi connectivity index (χ3v) is 4.88. The van der Waals surface area contributed by atoms with Gasteiger partial charge in [0.2, 0.25) is 0 Å². The molecular weight excluding hydrogens is 355 g/mol. The second-order valence-corrected chi connectivity index (χ2v) is 6.68. The fraction of sp³-hybridized carbons (Fsp3) is 0.125. The van der Waals surface area contributed by atoms with E-state index in [0.29, 0.717) is 10.2 Å². The lowest BCUT2D eigenvalue weighted by molar-refractivity contribution is 0.102. The molecule has 1 N–H and O–H groups in total. The second kappa shape index (κ2) is 6.35. The van der Waals surface area contributed by atoms with Gasteiger partial charge in [-0.25, -0.2) is 4.98 Å². The SMILES string of the molecule is COc1c(Cl)ccc(Cl)c1C(=O)Nc1nc2c(C)cccc2s1. The molecule has 2 aromatic carbocycles. The molecule has 3 rings (SSSR count). The zero-order valence-corrected chi connectivity index (χ0v) is 14.6. The first-order chi connectivity index (χ1) is 11.0. The number of hydrogen-bond donors (Lipinski definition) is 1. The monoisotopic (exact) mass is 366 g/mol. The Kier molecular flexibility index (Phi) is 4.43. The number of carbonyl (C=O) groups excluding carboxylic acids is 1. The summed E-state index contributed by atoms with van der Waals surface area (Å²) >= 11 is 13.6. The summed E-state index contributed by atoms with van der Waals surface area (Å²) in [6.45, 7) is 1.98. The Balaban J connectivity index is 1.98. The minimum atomic E-state index is -0.411. The second-order valence-electron chi connectivity index (χ2n) is 4.83. The third kappa shape index (κ3) is 3.00. The molecule has 118 valence electrons. The van der Waals surface area contributed by atoms with Gasteiger partial charge < -0.3 is 4.74 Å². The molecule has 0 unspecified atom stereocenters. The summed E-state index contributed by atoms with van der Waals surface area (Å²) < 4.78 is 6.20. The number of fused-ring (bicyclic) bond motifs is 1. The van der Waals surface area contributed by atoms with Crippen LogP contribution in [0.15, 0.2) is 30.3 Å².